The number of hydrogen-bond acceptors (Lipinski definition) is 5. The predicted molar refractivity (Wildman–Crippen MR) is 118 cm³/mol. The molecule has 0 aromatic heterocycles. The van der Waals surface area contributed by atoms with Crippen molar-refractivity contribution in [3.8, 4) is 0 Å². The van der Waals surface area contributed by atoms with Gasteiger partial charge in [0.15, 0.2) is 0 Å². The van der Waals surface area contributed by atoms with E-state index in [2.05, 4.69) is 10.2 Å². The lowest BCUT2D eigenvalue weighted by molar-refractivity contribution is -0.140. The summed E-state index contributed by atoms with van der Waals surface area (Å²) in [6, 6.07) is 4.97. The number of aliphatic hydroxyl groups excluding tert-OH is 1. The van der Waals surface area contributed by atoms with E-state index in [4.69, 9.17) is 5.11 Å². The van der Waals surface area contributed by atoms with E-state index in [1.165, 1.54) is 29.2 Å². The number of anilines is 1. The van der Waals surface area contributed by atoms with Crippen LogP contribution in [0.25, 0.3) is 0 Å². The van der Waals surface area contributed by atoms with Gasteiger partial charge in [0.05, 0.1) is 12.5 Å². The molecule has 0 spiro atoms. The van der Waals surface area contributed by atoms with Gasteiger partial charge >= 0.3 is 0 Å². The van der Waals surface area contributed by atoms with Crippen LogP contribution in [-0.4, -0.2) is 84.5 Å². The summed E-state index contributed by atoms with van der Waals surface area (Å²) in [7, 11) is 0. The summed E-state index contributed by atoms with van der Waals surface area (Å²) in [6.07, 6.45) is 0.789. The number of piperazine rings is 1. The van der Waals surface area contributed by atoms with Crippen LogP contribution >= 0.6 is 0 Å². The first-order chi connectivity index (χ1) is 15.3. The number of aliphatic hydroxyl groups is 1. The Balaban J connectivity index is 1.63. The average molecular weight is 449 g/mol. The Kier molecular flexibility index (Phi) is 8.20. The van der Waals surface area contributed by atoms with Crippen LogP contribution in [0, 0.1) is 17.7 Å². The third kappa shape index (κ3) is 5.63. The summed E-state index contributed by atoms with van der Waals surface area (Å²) in [5.74, 6) is -1.60. The van der Waals surface area contributed by atoms with Crippen molar-refractivity contribution < 1.29 is 23.9 Å². The highest BCUT2D eigenvalue weighted by molar-refractivity contribution is 6.01. The van der Waals surface area contributed by atoms with Gasteiger partial charge in [-0.3, -0.25) is 19.3 Å². The molecular weight excluding hydrogens is 415 g/mol. The fourth-order valence-corrected chi connectivity index (χ4v) is 4.24. The quantitative estimate of drug-likeness (QED) is 0.615. The molecule has 8 nitrogen and oxygen atoms in total. The van der Waals surface area contributed by atoms with Crippen molar-refractivity contribution in [3.63, 3.8) is 0 Å². The van der Waals surface area contributed by atoms with Crippen LogP contribution in [-0.2, 0) is 14.4 Å². The highest BCUT2D eigenvalue weighted by Crippen LogP contribution is 2.26. The average Bonchev–Trinajstić information content (AvgIpc) is 3.19. The second-order valence-electron chi connectivity index (χ2n) is 8.64. The molecule has 2 fully saturated rings. The SMILES string of the molecule is CC[C@@H](C)[C@H](NC(=O)[C@@H]1CC(=O)N(c2ccc(F)cc2)C1)C(=O)N1CCN(CCO)CC1. The van der Waals surface area contributed by atoms with E-state index in [1.807, 2.05) is 13.8 Å². The Morgan fingerprint density at radius 1 is 1.19 bits per heavy atom. The molecular formula is C23H33FN4O4. The van der Waals surface area contributed by atoms with Crippen LogP contribution in [0.4, 0.5) is 10.1 Å². The van der Waals surface area contributed by atoms with Gasteiger partial charge in [0, 0.05) is 51.4 Å². The zero-order valence-electron chi connectivity index (χ0n) is 18.8. The van der Waals surface area contributed by atoms with E-state index in [0.717, 1.165) is 6.42 Å². The van der Waals surface area contributed by atoms with E-state index in [-0.39, 0.29) is 49.0 Å². The van der Waals surface area contributed by atoms with Crippen molar-refractivity contribution in [2.24, 2.45) is 11.8 Å². The number of carbonyl (C=O) groups is 3. The van der Waals surface area contributed by atoms with E-state index in [0.29, 0.717) is 38.4 Å². The molecule has 1 aromatic rings. The van der Waals surface area contributed by atoms with Crippen LogP contribution in [0.1, 0.15) is 26.7 Å². The topological polar surface area (TPSA) is 93.2 Å². The molecule has 0 unspecified atom stereocenters. The minimum Gasteiger partial charge on any atom is -0.395 e. The summed E-state index contributed by atoms with van der Waals surface area (Å²) in [5.41, 5.74) is 0.557. The lowest BCUT2D eigenvalue weighted by Gasteiger charge is -2.37. The van der Waals surface area contributed by atoms with Gasteiger partial charge in [-0.25, -0.2) is 4.39 Å². The normalized spacial score (nSPS) is 21.5. The van der Waals surface area contributed by atoms with E-state index >= 15 is 0 Å². The lowest BCUT2D eigenvalue weighted by atomic mass is 9.96. The Bertz CT molecular complexity index is 811. The van der Waals surface area contributed by atoms with Crippen molar-refractivity contribution in [1.82, 2.24) is 15.1 Å². The van der Waals surface area contributed by atoms with Gasteiger partial charge in [-0.05, 0) is 30.2 Å². The maximum Gasteiger partial charge on any atom is 0.245 e. The van der Waals surface area contributed by atoms with Gasteiger partial charge in [-0.2, -0.15) is 0 Å². The number of carbonyl (C=O) groups excluding carboxylic acids is 3. The Morgan fingerprint density at radius 2 is 1.84 bits per heavy atom. The first kappa shape index (κ1) is 24.1. The summed E-state index contributed by atoms with van der Waals surface area (Å²) >= 11 is 0. The number of halogens is 1. The molecule has 2 N–H and O–H groups in total. The van der Waals surface area contributed by atoms with E-state index in [9.17, 15) is 18.8 Å². The number of nitrogens with zero attached hydrogens (tertiary/aromatic N) is 3. The zero-order valence-corrected chi connectivity index (χ0v) is 18.8. The van der Waals surface area contributed by atoms with Crippen LogP contribution < -0.4 is 10.2 Å². The minimum absolute atomic E-state index is 0.0489. The monoisotopic (exact) mass is 448 g/mol. The van der Waals surface area contributed by atoms with Crippen molar-refractivity contribution in [2.75, 3.05) is 50.8 Å². The van der Waals surface area contributed by atoms with Crippen molar-refractivity contribution in [2.45, 2.75) is 32.7 Å². The standard InChI is InChI=1S/C23H33FN4O4/c1-3-16(2)21(23(32)27-10-8-26(9-11-27)12-13-29)25-22(31)17-14-20(30)28(15-17)19-6-4-18(24)5-7-19/h4-7,16-17,21,29H,3,8-15H2,1-2H3,(H,25,31)/t16-,17-,21+/m1/s1. The molecule has 3 atom stereocenters. The molecule has 32 heavy (non-hydrogen) atoms. The zero-order chi connectivity index (χ0) is 23.3. The number of β-amino-alcohol motifs (C(OH)–C–C–N with tert-alkyl or cyclic N) is 1. The first-order valence-corrected chi connectivity index (χ1v) is 11.3. The Labute approximate surface area is 188 Å². The van der Waals surface area contributed by atoms with E-state index in [1.54, 1.807) is 4.90 Å². The smallest absolute Gasteiger partial charge is 0.245 e. The van der Waals surface area contributed by atoms with Gasteiger partial charge in [0.25, 0.3) is 0 Å². The van der Waals surface area contributed by atoms with Crippen molar-refractivity contribution >= 4 is 23.4 Å². The molecule has 9 heteroatoms. The summed E-state index contributed by atoms with van der Waals surface area (Å²) in [5, 5.41) is 12.0. The van der Waals surface area contributed by atoms with Crippen LogP contribution in [0.3, 0.4) is 0 Å². The van der Waals surface area contributed by atoms with E-state index < -0.39 is 12.0 Å². The molecule has 2 heterocycles. The Hall–Kier alpha value is -2.52. The Morgan fingerprint density at radius 3 is 2.44 bits per heavy atom. The molecule has 0 radical (unpaired) electrons. The number of amides is 3. The maximum absolute atomic E-state index is 13.2. The van der Waals surface area contributed by atoms with Gasteiger partial charge in [-0.1, -0.05) is 20.3 Å². The number of hydrogen-bond donors (Lipinski definition) is 2. The lowest BCUT2D eigenvalue weighted by Crippen LogP contribution is -2.57. The number of benzene rings is 1. The molecule has 3 amide bonds. The second-order valence-corrected chi connectivity index (χ2v) is 8.64. The fourth-order valence-electron chi connectivity index (χ4n) is 4.24. The molecule has 0 aliphatic carbocycles. The third-order valence-electron chi connectivity index (χ3n) is 6.51. The van der Waals surface area contributed by atoms with Crippen molar-refractivity contribution in [1.29, 1.82) is 0 Å². The van der Waals surface area contributed by atoms with Crippen LogP contribution in [0.15, 0.2) is 24.3 Å². The van der Waals surface area contributed by atoms with Gasteiger partial charge in [0.2, 0.25) is 17.7 Å². The maximum atomic E-state index is 13.2. The molecule has 2 aliphatic rings. The van der Waals surface area contributed by atoms with Crippen LogP contribution in [0.2, 0.25) is 0 Å². The largest absolute Gasteiger partial charge is 0.395 e. The third-order valence-corrected chi connectivity index (χ3v) is 6.51. The highest BCUT2D eigenvalue weighted by Gasteiger charge is 2.38. The highest BCUT2D eigenvalue weighted by atomic mass is 19.1. The minimum atomic E-state index is -0.646. The summed E-state index contributed by atoms with van der Waals surface area (Å²) in [4.78, 5) is 44.1. The summed E-state index contributed by atoms with van der Waals surface area (Å²) in [6.45, 7) is 7.30. The molecule has 1 aromatic carbocycles. The van der Waals surface area contributed by atoms with Gasteiger partial charge in [-0.15, -0.1) is 0 Å². The molecule has 2 aliphatic heterocycles. The van der Waals surface area contributed by atoms with Gasteiger partial charge < -0.3 is 20.2 Å². The number of rotatable bonds is 8. The second kappa shape index (κ2) is 10.9. The molecule has 3 rings (SSSR count). The number of nitrogens with one attached hydrogen (secondary N) is 1. The predicted octanol–water partition coefficient (Wildman–Crippen LogP) is 0.846. The molecule has 2 saturated heterocycles. The molecule has 0 bridgehead atoms. The molecule has 176 valence electrons. The summed E-state index contributed by atoms with van der Waals surface area (Å²) < 4.78 is 13.2. The van der Waals surface area contributed by atoms with Crippen molar-refractivity contribution in [3.05, 3.63) is 30.1 Å². The van der Waals surface area contributed by atoms with Crippen LogP contribution in [0.5, 0.6) is 0 Å². The first-order valence-electron chi connectivity index (χ1n) is 11.3. The fraction of sp³-hybridized carbons (Fsp3) is 0.609. The molecule has 0 saturated carbocycles. The van der Waals surface area contributed by atoms with Gasteiger partial charge in [0.1, 0.15) is 11.9 Å².